The van der Waals surface area contributed by atoms with Crippen molar-refractivity contribution < 1.29 is 19.0 Å². The summed E-state index contributed by atoms with van der Waals surface area (Å²) in [6.07, 6.45) is 0.335. The molecule has 1 saturated heterocycles. The fraction of sp³-hybridized carbons (Fsp3) is 0.381. The molecular formula is C21H23FN2O3. The van der Waals surface area contributed by atoms with E-state index in [0.717, 1.165) is 17.5 Å². The molecule has 1 fully saturated rings. The summed E-state index contributed by atoms with van der Waals surface area (Å²) in [5.74, 6) is -0.507. The zero-order valence-electron chi connectivity index (χ0n) is 15.0. The molecule has 3 N–H and O–H groups in total. The lowest BCUT2D eigenvalue weighted by Gasteiger charge is -2.41. The zero-order valence-corrected chi connectivity index (χ0v) is 15.0. The lowest BCUT2D eigenvalue weighted by Crippen LogP contribution is -2.54. The molecule has 5 nitrogen and oxygen atoms in total. The van der Waals surface area contributed by atoms with Crippen LogP contribution >= 0.6 is 0 Å². The highest BCUT2D eigenvalue weighted by Crippen LogP contribution is 2.36. The molecule has 2 aliphatic rings. The third-order valence-electron chi connectivity index (χ3n) is 5.42. The Morgan fingerprint density at radius 3 is 2.70 bits per heavy atom. The minimum absolute atomic E-state index is 0.0696. The summed E-state index contributed by atoms with van der Waals surface area (Å²) in [6.45, 7) is 0.774. The molecule has 0 aliphatic carbocycles. The minimum atomic E-state index is -1.39. The van der Waals surface area contributed by atoms with E-state index in [1.807, 2.05) is 18.2 Å². The number of aliphatic hydroxyl groups is 1. The molecular weight excluding hydrogens is 347 g/mol. The quantitative estimate of drug-likeness (QED) is 0.794. The lowest BCUT2D eigenvalue weighted by atomic mass is 9.87. The van der Waals surface area contributed by atoms with E-state index in [1.165, 1.54) is 17.7 Å². The molecule has 0 spiro atoms. The van der Waals surface area contributed by atoms with Gasteiger partial charge >= 0.3 is 0 Å². The van der Waals surface area contributed by atoms with Crippen molar-refractivity contribution in [2.75, 3.05) is 13.2 Å². The number of halogens is 1. The van der Waals surface area contributed by atoms with Crippen molar-refractivity contribution in [2.24, 2.45) is 5.73 Å². The van der Waals surface area contributed by atoms with Gasteiger partial charge in [0.05, 0.1) is 12.6 Å². The van der Waals surface area contributed by atoms with Gasteiger partial charge in [-0.15, -0.1) is 0 Å². The van der Waals surface area contributed by atoms with Gasteiger partial charge in [-0.2, -0.15) is 0 Å². The van der Waals surface area contributed by atoms with Crippen LogP contribution in [0.5, 0.6) is 0 Å². The highest BCUT2D eigenvalue weighted by atomic mass is 19.1. The van der Waals surface area contributed by atoms with Gasteiger partial charge in [-0.3, -0.25) is 4.79 Å². The maximum Gasteiger partial charge on any atom is 0.252 e. The fourth-order valence-corrected chi connectivity index (χ4v) is 4.01. The number of hydrogen-bond acceptors (Lipinski definition) is 4. The normalized spacial score (nSPS) is 27.9. The number of amides is 1. The molecule has 0 aromatic heterocycles. The van der Waals surface area contributed by atoms with Crippen molar-refractivity contribution in [2.45, 2.75) is 37.1 Å². The summed E-state index contributed by atoms with van der Waals surface area (Å²) in [6, 6.07) is 13.9. The molecule has 2 aromatic carbocycles. The van der Waals surface area contributed by atoms with Crippen LogP contribution in [0.25, 0.3) is 0 Å². The van der Waals surface area contributed by atoms with E-state index in [1.54, 1.807) is 17.0 Å². The second-order valence-electron chi connectivity index (χ2n) is 7.35. The van der Waals surface area contributed by atoms with Crippen LogP contribution in [0.2, 0.25) is 0 Å². The van der Waals surface area contributed by atoms with Crippen molar-refractivity contribution in [3.05, 3.63) is 71.0 Å². The Morgan fingerprint density at radius 2 is 1.96 bits per heavy atom. The monoisotopic (exact) mass is 370 g/mol. The van der Waals surface area contributed by atoms with Gasteiger partial charge in [0.25, 0.3) is 5.91 Å². The van der Waals surface area contributed by atoms with E-state index >= 15 is 0 Å². The van der Waals surface area contributed by atoms with E-state index in [2.05, 4.69) is 6.07 Å². The van der Waals surface area contributed by atoms with Crippen molar-refractivity contribution >= 4 is 5.91 Å². The standard InChI is InChI=1S/C21H23FN2O3/c22-16-7-5-15(6-8-16)19-17-4-2-1-3-14(17)9-11-24(19)20(25)18-13-21(23,26)10-12-27-18/h1-8,18-19,26H,9-13,23H2/t18-,19+,21+/m1/s1. The number of ether oxygens (including phenoxy) is 1. The molecule has 0 saturated carbocycles. The Hall–Kier alpha value is -2.28. The minimum Gasteiger partial charge on any atom is -0.376 e. The van der Waals surface area contributed by atoms with E-state index < -0.39 is 11.8 Å². The third kappa shape index (κ3) is 3.60. The summed E-state index contributed by atoms with van der Waals surface area (Å²) in [4.78, 5) is 15.0. The maximum absolute atomic E-state index is 13.4. The number of nitrogens with two attached hydrogens (primary N) is 1. The molecule has 142 valence electrons. The number of carbonyl (C=O) groups is 1. The van der Waals surface area contributed by atoms with Crippen LogP contribution in [-0.4, -0.2) is 40.9 Å². The van der Waals surface area contributed by atoms with E-state index in [4.69, 9.17) is 10.5 Å². The highest BCUT2D eigenvalue weighted by Gasteiger charge is 2.40. The van der Waals surface area contributed by atoms with E-state index in [9.17, 15) is 14.3 Å². The fourth-order valence-electron chi connectivity index (χ4n) is 4.01. The van der Waals surface area contributed by atoms with Gasteiger partial charge in [0, 0.05) is 19.4 Å². The van der Waals surface area contributed by atoms with Crippen LogP contribution in [0.3, 0.4) is 0 Å². The van der Waals surface area contributed by atoms with Crippen molar-refractivity contribution in [3.8, 4) is 0 Å². The van der Waals surface area contributed by atoms with Crippen molar-refractivity contribution in [3.63, 3.8) is 0 Å². The molecule has 0 radical (unpaired) electrons. The molecule has 6 heteroatoms. The molecule has 3 atom stereocenters. The second-order valence-corrected chi connectivity index (χ2v) is 7.35. The first-order valence-corrected chi connectivity index (χ1v) is 9.21. The smallest absolute Gasteiger partial charge is 0.252 e. The van der Waals surface area contributed by atoms with Gasteiger partial charge in [0.15, 0.2) is 0 Å². The Labute approximate surface area is 157 Å². The van der Waals surface area contributed by atoms with E-state index in [-0.39, 0.29) is 30.8 Å². The van der Waals surface area contributed by atoms with Gasteiger partial charge in [0.1, 0.15) is 17.6 Å². The van der Waals surface area contributed by atoms with Crippen LogP contribution < -0.4 is 5.73 Å². The number of fused-ring (bicyclic) bond motifs is 1. The van der Waals surface area contributed by atoms with Gasteiger partial charge < -0.3 is 20.5 Å². The third-order valence-corrected chi connectivity index (χ3v) is 5.42. The molecule has 2 aromatic rings. The maximum atomic E-state index is 13.4. The van der Waals surface area contributed by atoms with Gasteiger partial charge in [0.2, 0.25) is 0 Å². The summed E-state index contributed by atoms with van der Waals surface area (Å²) in [5, 5.41) is 10.1. The van der Waals surface area contributed by atoms with E-state index in [0.29, 0.717) is 13.0 Å². The first-order chi connectivity index (χ1) is 12.9. The second kappa shape index (κ2) is 7.03. The Bertz CT molecular complexity index is 838. The zero-order chi connectivity index (χ0) is 19.0. The molecule has 0 unspecified atom stereocenters. The summed E-state index contributed by atoms with van der Waals surface area (Å²) in [5.41, 5.74) is 7.50. The van der Waals surface area contributed by atoms with Crippen LogP contribution in [0.4, 0.5) is 4.39 Å². The van der Waals surface area contributed by atoms with Crippen LogP contribution in [0, 0.1) is 5.82 Å². The highest BCUT2D eigenvalue weighted by molar-refractivity contribution is 5.82. The first-order valence-electron chi connectivity index (χ1n) is 9.21. The van der Waals surface area contributed by atoms with Crippen molar-refractivity contribution in [1.29, 1.82) is 0 Å². The Balaban J connectivity index is 1.70. The molecule has 2 heterocycles. The number of nitrogens with zero attached hydrogens (tertiary/aromatic N) is 1. The van der Waals surface area contributed by atoms with Gasteiger partial charge in [-0.05, 0) is 35.2 Å². The predicted molar refractivity (Wildman–Crippen MR) is 98.2 cm³/mol. The van der Waals surface area contributed by atoms with Gasteiger partial charge in [-0.25, -0.2) is 4.39 Å². The SMILES string of the molecule is N[C@]1(O)CCO[C@@H](C(=O)N2CCc3ccccc3[C@@H]2c2ccc(F)cc2)C1. The topological polar surface area (TPSA) is 75.8 Å². The molecule has 4 rings (SSSR count). The Kier molecular flexibility index (Phi) is 4.72. The number of hydrogen-bond donors (Lipinski definition) is 2. The number of rotatable bonds is 2. The van der Waals surface area contributed by atoms with Crippen LogP contribution in [0.1, 0.15) is 35.6 Å². The molecule has 2 aliphatic heterocycles. The number of benzene rings is 2. The van der Waals surface area contributed by atoms with Crippen LogP contribution in [-0.2, 0) is 16.0 Å². The molecule has 27 heavy (non-hydrogen) atoms. The Morgan fingerprint density at radius 1 is 1.22 bits per heavy atom. The average molecular weight is 370 g/mol. The average Bonchev–Trinajstić information content (AvgIpc) is 2.66. The molecule has 0 bridgehead atoms. The van der Waals surface area contributed by atoms with Crippen LogP contribution in [0.15, 0.2) is 48.5 Å². The summed E-state index contributed by atoms with van der Waals surface area (Å²) >= 11 is 0. The summed E-state index contributed by atoms with van der Waals surface area (Å²) in [7, 11) is 0. The summed E-state index contributed by atoms with van der Waals surface area (Å²) < 4.78 is 19.1. The largest absolute Gasteiger partial charge is 0.376 e. The molecule has 1 amide bonds. The van der Waals surface area contributed by atoms with Gasteiger partial charge in [-0.1, -0.05) is 36.4 Å². The first kappa shape index (κ1) is 18.1. The lowest BCUT2D eigenvalue weighted by molar-refractivity contribution is -0.160. The number of carbonyl (C=O) groups excluding carboxylic acids is 1. The predicted octanol–water partition coefficient (Wildman–Crippen LogP) is 2.13. The van der Waals surface area contributed by atoms with Crippen molar-refractivity contribution in [1.82, 2.24) is 4.90 Å².